The van der Waals surface area contributed by atoms with Gasteiger partial charge in [0.1, 0.15) is 5.54 Å². The number of urea groups is 1. The van der Waals surface area contributed by atoms with Gasteiger partial charge in [0.2, 0.25) is 0 Å². The van der Waals surface area contributed by atoms with Crippen molar-refractivity contribution in [2.75, 3.05) is 0 Å². The third-order valence-electron chi connectivity index (χ3n) is 4.93. The maximum atomic E-state index is 12.2. The van der Waals surface area contributed by atoms with E-state index < -0.39 is 5.54 Å². The van der Waals surface area contributed by atoms with E-state index in [2.05, 4.69) is 24.5 Å². The Kier molecular flexibility index (Phi) is 9.97. The molecule has 0 aromatic carbocycles. The predicted octanol–water partition coefficient (Wildman–Crippen LogP) is 5.07. The molecule has 4 nitrogen and oxygen atoms in total. The summed E-state index contributed by atoms with van der Waals surface area (Å²) in [6.45, 7) is 4.43. The van der Waals surface area contributed by atoms with Gasteiger partial charge in [-0.3, -0.25) is 10.1 Å². The van der Waals surface area contributed by atoms with Gasteiger partial charge in [0, 0.05) is 0 Å². The van der Waals surface area contributed by atoms with E-state index in [-0.39, 0.29) is 11.9 Å². The molecule has 0 atom stereocenters. The number of imide groups is 1. The van der Waals surface area contributed by atoms with Gasteiger partial charge < -0.3 is 5.32 Å². The van der Waals surface area contributed by atoms with Crippen molar-refractivity contribution in [3.63, 3.8) is 0 Å². The van der Waals surface area contributed by atoms with Crippen LogP contribution in [0.5, 0.6) is 0 Å². The van der Waals surface area contributed by atoms with Crippen LogP contribution in [0.25, 0.3) is 0 Å². The highest BCUT2D eigenvalue weighted by Crippen LogP contribution is 2.26. The number of unbranched alkanes of at least 4 members (excludes halogenated alkanes) is 10. The molecule has 0 saturated carbocycles. The van der Waals surface area contributed by atoms with Crippen molar-refractivity contribution in [3.05, 3.63) is 0 Å². The molecule has 0 radical (unpaired) electrons. The number of carbonyl (C=O) groups is 2. The quantitative estimate of drug-likeness (QED) is 0.346. The molecule has 1 rings (SSSR count). The molecule has 1 aliphatic rings. The van der Waals surface area contributed by atoms with Gasteiger partial charge in [-0.15, -0.1) is 0 Å². The summed E-state index contributed by atoms with van der Waals surface area (Å²) in [4.78, 5) is 23.8. The van der Waals surface area contributed by atoms with E-state index in [0.29, 0.717) is 0 Å². The zero-order chi connectivity index (χ0) is 17.0. The van der Waals surface area contributed by atoms with Gasteiger partial charge in [0.15, 0.2) is 0 Å². The second-order valence-corrected chi connectivity index (χ2v) is 7.03. The van der Waals surface area contributed by atoms with Gasteiger partial charge in [0.25, 0.3) is 5.91 Å². The smallest absolute Gasteiger partial charge is 0.322 e. The number of carbonyl (C=O) groups excluding carboxylic acids is 2. The van der Waals surface area contributed by atoms with Crippen molar-refractivity contribution in [2.24, 2.45) is 0 Å². The van der Waals surface area contributed by atoms with Crippen LogP contribution in [0.1, 0.15) is 104 Å². The van der Waals surface area contributed by atoms with Crippen molar-refractivity contribution >= 4 is 11.9 Å². The fourth-order valence-corrected chi connectivity index (χ4v) is 3.42. The van der Waals surface area contributed by atoms with Crippen LogP contribution >= 0.6 is 0 Å². The van der Waals surface area contributed by atoms with Crippen LogP contribution < -0.4 is 10.6 Å². The SMILES string of the molecule is CCCCCCCCC1(CCCCCCCC)NC(=O)NC1=O. The van der Waals surface area contributed by atoms with Crippen LogP contribution in [0.3, 0.4) is 0 Å². The van der Waals surface area contributed by atoms with Crippen LogP contribution in [0.4, 0.5) is 4.79 Å². The first kappa shape index (κ1) is 20.0. The Labute approximate surface area is 142 Å². The van der Waals surface area contributed by atoms with Crippen LogP contribution in [0, 0.1) is 0 Å². The van der Waals surface area contributed by atoms with Crippen molar-refractivity contribution in [1.82, 2.24) is 10.6 Å². The lowest BCUT2D eigenvalue weighted by Crippen LogP contribution is -2.46. The Bertz CT molecular complexity index is 339. The highest BCUT2D eigenvalue weighted by atomic mass is 16.2. The lowest BCUT2D eigenvalue weighted by Gasteiger charge is -2.26. The number of rotatable bonds is 14. The molecule has 0 aromatic rings. The molecule has 4 heteroatoms. The van der Waals surface area contributed by atoms with Crippen molar-refractivity contribution < 1.29 is 9.59 Å². The van der Waals surface area contributed by atoms with E-state index in [4.69, 9.17) is 0 Å². The molecule has 1 saturated heterocycles. The summed E-state index contributed by atoms with van der Waals surface area (Å²) >= 11 is 0. The van der Waals surface area contributed by atoms with Crippen LogP contribution in [-0.4, -0.2) is 17.5 Å². The van der Waals surface area contributed by atoms with Crippen molar-refractivity contribution in [1.29, 1.82) is 0 Å². The minimum atomic E-state index is -0.632. The lowest BCUT2D eigenvalue weighted by molar-refractivity contribution is -0.124. The molecule has 1 aliphatic heterocycles. The maximum Gasteiger partial charge on any atom is 0.322 e. The number of hydrogen-bond acceptors (Lipinski definition) is 2. The summed E-state index contributed by atoms with van der Waals surface area (Å²) in [6, 6.07) is -0.313. The third-order valence-corrected chi connectivity index (χ3v) is 4.93. The first-order valence-electron chi connectivity index (χ1n) is 9.78. The summed E-state index contributed by atoms with van der Waals surface area (Å²) in [6.07, 6.45) is 16.0. The fraction of sp³-hybridized carbons (Fsp3) is 0.895. The van der Waals surface area contributed by atoms with Gasteiger partial charge >= 0.3 is 6.03 Å². The molecular formula is C19H36N2O2. The molecule has 23 heavy (non-hydrogen) atoms. The molecule has 0 aliphatic carbocycles. The van der Waals surface area contributed by atoms with E-state index in [0.717, 1.165) is 38.5 Å². The Hall–Kier alpha value is -1.06. The lowest BCUT2D eigenvalue weighted by atomic mass is 9.86. The maximum absolute atomic E-state index is 12.2. The number of nitrogens with one attached hydrogen (secondary N) is 2. The van der Waals surface area contributed by atoms with E-state index >= 15 is 0 Å². The van der Waals surface area contributed by atoms with Crippen LogP contribution in [0.15, 0.2) is 0 Å². The Morgan fingerprint density at radius 1 is 0.696 bits per heavy atom. The Morgan fingerprint density at radius 2 is 1.13 bits per heavy atom. The number of amides is 3. The molecule has 134 valence electrons. The first-order chi connectivity index (χ1) is 11.1. The molecule has 1 fully saturated rings. The van der Waals surface area contributed by atoms with Gasteiger partial charge in [0.05, 0.1) is 0 Å². The second-order valence-electron chi connectivity index (χ2n) is 7.03. The van der Waals surface area contributed by atoms with E-state index in [1.54, 1.807) is 0 Å². The highest BCUT2D eigenvalue weighted by Gasteiger charge is 2.44. The molecule has 3 amide bonds. The molecule has 0 spiro atoms. The second kappa shape index (κ2) is 11.5. The molecule has 0 aromatic heterocycles. The van der Waals surface area contributed by atoms with E-state index in [1.807, 2.05) is 0 Å². The van der Waals surface area contributed by atoms with E-state index in [1.165, 1.54) is 51.4 Å². The molecule has 2 N–H and O–H groups in total. The highest BCUT2D eigenvalue weighted by molar-refractivity contribution is 6.06. The standard InChI is InChI=1S/C19H36N2O2/c1-3-5-7-9-11-13-15-19(17(22)20-18(23)21-19)16-14-12-10-8-6-4-2/h3-16H2,1-2H3,(H2,20,21,22,23). The molecule has 0 unspecified atom stereocenters. The van der Waals surface area contributed by atoms with Crippen molar-refractivity contribution in [3.8, 4) is 0 Å². The normalized spacial score (nSPS) is 16.4. The third kappa shape index (κ3) is 7.36. The number of hydrogen-bond donors (Lipinski definition) is 2. The Balaban J connectivity index is 2.33. The molecule has 0 bridgehead atoms. The largest absolute Gasteiger partial charge is 0.323 e. The summed E-state index contributed by atoms with van der Waals surface area (Å²) in [5.41, 5.74) is -0.632. The summed E-state index contributed by atoms with van der Waals surface area (Å²) in [7, 11) is 0. The molecule has 1 heterocycles. The Morgan fingerprint density at radius 3 is 1.52 bits per heavy atom. The summed E-state index contributed by atoms with van der Waals surface area (Å²) < 4.78 is 0. The average Bonchev–Trinajstić information content (AvgIpc) is 2.81. The zero-order valence-electron chi connectivity index (χ0n) is 15.2. The first-order valence-corrected chi connectivity index (χ1v) is 9.78. The summed E-state index contributed by atoms with van der Waals surface area (Å²) in [5.74, 6) is -0.107. The zero-order valence-corrected chi connectivity index (χ0v) is 15.2. The average molecular weight is 325 g/mol. The van der Waals surface area contributed by atoms with Crippen LogP contribution in [-0.2, 0) is 4.79 Å². The fourth-order valence-electron chi connectivity index (χ4n) is 3.42. The molecular weight excluding hydrogens is 288 g/mol. The van der Waals surface area contributed by atoms with Gasteiger partial charge in [-0.25, -0.2) is 4.79 Å². The summed E-state index contributed by atoms with van der Waals surface area (Å²) in [5, 5.41) is 5.36. The van der Waals surface area contributed by atoms with Crippen LogP contribution in [0.2, 0.25) is 0 Å². The predicted molar refractivity (Wildman–Crippen MR) is 95.4 cm³/mol. The van der Waals surface area contributed by atoms with Gasteiger partial charge in [-0.1, -0.05) is 90.9 Å². The van der Waals surface area contributed by atoms with Gasteiger partial charge in [-0.05, 0) is 12.8 Å². The van der Waals surface area contributed by atoms with Crippen molar-refractivity contribution in [2.45, 2.75) is 109 Å². The van der Waals surface area contributed by atoms with E-state index in [9.17, 15) is 9.59 Å². The topological polar surface area (TPSA) is 58.2 Å². The monoisotopic (exact) mass is 324 g/mol. The minimum absolute atomic E-state index is 0.107. The minimum Gasteiger partial charge on any atom is -0.323 e. The van der Waals surface area contributed by atoms with Gasteiger partial charge in [-0.2, -0.15) is 0 Å².